The maximum Gasteiger partial charge on any atom is 0.308 e. The second kappa shape index (κ2) is 11.2. The molecule has 161 valence electrons. The van der Waals surface area contributed by atoms with Crippen molar-refractivity contribution in [2.75, 3.05) is 6.61 Å². The molecule has 4 heteroatoms. The summed E-state index contributed by atoms with van der Waals surface area (Å²) in [6, 6.07) is 19.4. The summed E-state index contributed by atoms with van der Waals surface area (Å²) in [5.74, 6) is -0.475. The van der Waals surface area contributed by atoms with E-state index < -0.39 is 0 Å². The van der Waals surface area contributed by atoms with E-state index in [1.165, 1.54) is 5.57 Å². The maximum absolute atomic E-state index is 13.5. The van der Waals surface area contributed by atoms with Crippen molar-refractivity contribution in [2.45, 2.75) is 39.0 Å². The van der Waals surface area contributed by atoms with Crippen LogP contribution in [0.5, 0.6) is 0 Å². The molecular formula is C27H28BrO3. The van der Waals surface area contributed by atoms with Crippen molar-refractivity contribution in [3.63, 3.8) is 0 Å². The highest BCUT2D eigenvalue weighted by molar-refractivity contribution is 9.11. The fourth-order valence-electron chi connectivity index (χ4n) is 3.66. The van der Waals surface area contributed by atoms with Crippen LogP contribution in [0.25, 0.3) is 0 Å². The van der Waals surface area contributed by atoms with Crippen LogP contribution in [0.15, 0.2) is 82.4 Å². The third kappa shape index (κ3) is 6.51. The smallest absolute Gasteiger partial charge is 0.308 e. The summed E-state index contributed by atoms with van der Waals surface area (Å²) in [5.41, 5.74) is 4.07. The van der Waals surface area contributed by atoms with E-state index in [1.54, 1.807) is 0 Å². The standard InChI is InChI=1S/C27H28BrO3/c1-19(2)27(30)31-16-15-20-13-14-24(28)17-23(20)18-25(21-9-5-3-6-10-21)26(29)22-11-7-4-8-12-22/h3-12,14,17,19,25H,13,15-16,18H2,1-2H3. The first-order valence-electron chi connectivity index (χ1n) is 10.7. The molecule has 31 heavy (non-hydrogen) atoms. The van der Waals surface area contributed by atoms with Crippen LogP contribution in [0.1, 0.15) is 54.9 Å². The number of rotatable bonds is 9. The molecule has 0 aliphatic heterocycles. The summed E-state index contributed by atoms with van der Waals surface area (Å²) >= 11 is 3.60. The van der Waals surface area contributed by atoms with E-state index in [9.17, 15) is 9.59 Å². The molecule has 3 rings (SSSR count). The number of halogens is 1. The minimum atomic E-state index is -0.276. The monoisotopic (exact) mass is 479 g/mol. The van der Waals surface area contributed by atoms with Crippen molar-refractivity contribution in [2.24, 2.45) is 5.92 Å². The van der Waals surface area contributed by atoms with Crippen molar-refractivity contribution < 1.29 is 14.3 Å². The first-order chi connectivity index (χ1) is 15.0. The molecule has 3 nitrogen and oxygen atoms in total. The van der Waals surface area contributed by atoms with Gasteiger partial charge in [-0.1, -0.05) is 96.0 Å². The third-order valence-corrected chi connectivity index (χ3v) is 5.98. The summed E-state index contributed by atoms with van der Waals surface area (Å²) in [4.78, 5) is 25.3. The number of benzene rings is 2. The molecule has 1 radical (unpaired) electrons. The zero-order valence-electron chi connectivity index (χ0n) is 18.0. The number of carbonyl (C=O) groups excluding carboxylic acids is 2. The molecule has 1 atom stereocenters. The first-order valence-corrected chi connectivity index (χ1v) is 11.5. The van der Waals surface area contributed by atoms with Gasteiger partial charge in [-0.25, -0.2) is 0 Å². The highest BCUT2D eigenvalue weighted by Crippen LogP contribution is 2.36. The van der Waals surface area contributed by atoms with Gasteiger partial charge in [0.15, 0.2) is 5.78 Å². The van der Waals surface area contributed by atoms with E-state index in [2.05, 4.69) is 28.4 Å². The molecule has 0 saturated carbocycles. The van der Waals surface area contributed by atoms with Crippen molar-refractivity contribution in [1.29, 1.82) is 0 Å². The molecule has 2 aromatic rings. The first kappa shape index (κ1) is 23.2. The van der Waals surface area contributed by atoms with Crippen molar-refractivity contribution >= 4 is 27.7 Å². The third-order valence-electron chi connectivity index (χ3n) is 5.43. The van der Waals surface area contributed by atoms with E-state index >= 15 is 0 Å². The molecule has 1 aliphatic rings. The Morgan fingerprint density at radius 1 is 1.00 bits per heavy atom. The van der Waals surface area contributed by atoms with Gasteiger partial charge in [0.05, 0.1) is 18.4 Å². The van der Waals surface area contributed by atoms with Crippen LogP contribution in [-0.2, 0) is 9.53 Å². The lowest BCUT2D eigenvalue weighted by Gasteiger charge is -2.23. The molecule has 0 saturated heterocycles. The Morgan fingerprint density at radius 2 is 1.65 bits per heavy atom. The predicted octanol–water partition coefficient (Wildman–Crippen LogP) is 6.82. The van der Waals surface area contributed by atoms with Crippen LogP contribution < -0.4 is 0 Å². The summed E-state index contributed by atoms with van der Waals surface area (Å²) in [6.45, 7) is 4.03. The van der Waals surface area contributed by atoms with Gasteiger partial charge >= 0.3 is 5.97 Å². The number of allylic oxidation sites excluding steroid dienone is 3. The predicted molar refractivity (Wildman–Crippen MR) is 128 cm³/mol. The van der Waals surface area contributed by atoms with Crippen LogP contribution in [0.4, 0.5) is 0 Å². The van der Waals surface area contributed by atoms with Crippen molar-refractivity contribution in [3.05, 3.63) is 99.9 Å². The van der Waals surface area contributed by atoms with Gasteiger partial charge in [0.1, 0.15) is 0 Å². The summed E-state index contributed by atoms with van der Waals surface area (Å²) in [5, 5.41) is 0. The van der Waals surface area contributed by atoms with Crippen LogP contribution in [0.2, 0.25) is 0 Å². The topological polar surface area (TPSA) is 43.4 Å². The molecule has 0 bridgehead atoms. The lowest BCUT2D eigenvalue weighted by Crippen LogP contribution is -2.16. The lowest BCUT2D eigenvalue weighted by atomic mass is 9.82. The summed E-state index contributed by atoms with van der Waals surface area (Å²) < 4.78 is 6.42. The van der Waals surface area contributed by atoms with E-state index in [-0.39, 0.29) is 23.6 Å². The van der Waals surface area contributed by atoms with Crippen molar-refractivity contribution in [1.82, 2.24) is 0 Å². The molecule has 0 spiro atoms. The molecule has 0 N–H and O–H groups in total. The molecule has 0 heterocycles. The van der Waals surface area contributed by atoms with E-state index in [0.29, 0.717) is 19.4 Å². The second-order valence-corrected chi connectivity index (χ2v) is 8.95. The minimum Gasteiger partial charge on any atom is -0.465 e. The quantitative estimate of drug-likeness (QED) is 0.292. The SMILES string of the molecule is CC(C)C(=O)OCCC1=C(CC(C(=O)c2ccccc2)c2ccccc2)C=C(Br)[CH]C1. The number of Topliss-reactive ketones (excluding diaryl/α,β-unsaturated/α-hetero) is 1. The molecule has 1 unspecified atom stereocenters. The largest absolute Gasteiger partial charge is 0.465 e. The van der Waals surface area contributed by atoms with Gasteiger partial charge in [0, 0.05) is 18.4 Å². The van der Waals surface area contributed by atoms with Crippen LogP contribution in [-0.4, -0.2) is 18.4 Å². The zero-order valence-corrected chi connectivity index (χ0v) is 19.6. The average Bonchev–Trinajstić information content (AvgIpc) is 2.79. The van der Waals surface area contributed by atoms with Gasteiger partial charge in [-0.2, -0.15) is 0 Å². The van der Waals surface area contributed by atoms with E-state index in [1.807, 2.05) is 74.5 Å². The highest BCUT2D eigenvalue weighted by atomic mass is 79.9. The molecular weight excluding hydrogens is 452 g/mol. The molecule has 0 aromatic heterocycles. The molecule has 1 aliphatic carbocycles. The maximum atomic E-state index is 13.5. The molecule has 2 aromatic carbocycles. The lowest BCUT2D eigenvalue weighted by molar-refractivity contribution is -0.147. The Labute approximate surface area is 193 Å². The fraction of sp³-hybridized carbons (Fsp3) is 0.296. The number of esters is 1. The number of carbonyl (C=O) groups is 2. The van der Waals surface area contributed by atoms with Gasteiger partial charge in [0.2, 0.25) is 0 Å². The van der Waals surface area contributed by atoms with Crippen LogP contribution in [0, 0.1) is 12.3 Å². The normalized spacial score (nSPS) is 14.9. The van der Waals surface area contributed by atoms with E-state index in [0.717, 1.165) is 27.6 Å². The number of hydrogen-bond acceptors (Lipinski definition) is 3. The number of ketones is 1. The minimum absolute atomic E-state index is 0.115. The summed E-state index contributed by atoms with van der Waals surface area (Å²) in [7, 11) is 0. The van der Waals surface area contributed by atoms with E-state index in [4.69, 9.17) is 4.74 Å². The van der Waals surface area contributed by atoms with Gasteiger partial charge in [0.25, 0.3) is 0 Å². The Kier molecular flexibility index (Phi) is 8.42. The Morgan fingerprint density at radius 3 is 2.29 bits per heavy atom. The fourth-order valence-corrected chi connectivity index (χ4v) is 4.10. The van der Waals surface area contributed by atoms with Gasteiger partial charge in [-0.3, -0.25) is 9.59 Å². The van der Waals surface area contributed by atoms with Crippen molar-refractivity contribution in [3.8, 4) is 0 Å². The Bertz CT molecular complexity index is 958. The van der Waals surface area contributed by atoms with Gasteiger partial charge in [-0.05, 0) is 34.5 Å². The molecule has 0 amide bonds. The summed E-state index contributed by atoms with van der Waals surface area (Å²) in [6.07, 6.45) is 6.26. The number of hydrogen-bond donors (Lipinski definition) is 0. The zero-order chi connectivity index (χ0) is 22.2. The average molecular weight is 480 g/mol. The van der Waals surface area contributed by atoms with Crippen LogP contribution >= 0.6 is 15.9 Å². The molecule has 0 fully saturated rings. The van der Waals surface area contributed by atoms with Gasteiger partial charge < -0.3 is 4.74 Å². The van der Waals surface area contributed by atoms with Crippen LogP contribution in [0.3, 0.4) is 0 Å². The Hall–Kier alpha value is -2.46. The highest BCUT2D eigenvalue weighted by Gasteiger charge is 2.25. The Balaban J connectivity index is 1.87. The van der Waals surface area contributed by atoms with Gasteiger partial charge in [-0.15, -0.1) is 0 Å². The number of ether oxygens (including phenoxy) is 1. The second-order valence-electron chi connectivity index (χ2n) is 8.04.